The van der Waals surface area contributed by atoms with Crippen molar-refractivity contribution in [2.75, 3.05) is 27.9 Å². The normalized spacial score (nSPS) is 16.3. The van der Waals surface area contributed by atoms with Crippen LogP contribution in [0, 0.1) is 0 Å². The van der Waals surface area contributed by atoms with Crippen molar-refractivity contribution < 1.29 is 19.3 Å². The molecule has 1 aliphatic rings. The largest absolute Gasteiger partial charge is 0.508 e. The fraction of sp³-hybridized carbons (Fsp3) is 0.300. The zero-order valence-corrected chi connectivity index (χ0v) is 15.1. The van der Waals surface area contributed by atoms with Crippen LogP contribution in [0.2, 0.25) is 0 Å². The first-order valence-corrected chi connectivity index (χ1v) is 8.53. The molecule has 1 atom stereocenters. The van der Waals surface area contributed by atoms with Gasteiger partial charge >= 0.3 is 0 Å². The van der Waals surface area contributed by atoms with Crippen molar-refractivity contribution >= 4 is 10.9 Å². The molecule has 2 aromatic carbocycles. The molecule has 0 saturated carbocycles. The summed E-state index contributed by atoms with van der Waals surface area (Å²) in [6, 6.07) is 9.16. The molecule has 0 aliphatic carbocycles. The molecule has 6 heteroatoms. The fourth-order valence-corrected chi connectivity index (χ4v) is 3.76. The van der Waals surface area contributed by atoms with E-state index in [9.17, 15) is 5.11 Å². The standard InChI is InChI=1S/C20H22N2O4/c1-24-16-10-18(26-3)17(25-2)9-14(16)19-20-12(6-7-21-19)13-8-11(23)4-5-15(13)22-20/h4-5,8-10,19,21-23H,6-7H2,1-3H3. The molecule has 1 aliphatic heterocycles. The van der Waals surface area contributed by atoms with Crippen molar-refractivity contribution in [1.82, 2.24) is 10.3 Å². The van der Waals surface area contributed by atoms with Crippen LogP contribution in [0.25, 0.3) is 10.9 Å². The lowest BCUT2D eigenvalue weighted by Gasteiger charge is -2.27. The van der Waals surface area contributed by atoms with Crippen LogP contribution in [0.3, 0.4) is 0 Å². The van der Waals surface area contributed by atoms with Crippen LogP contribution in [-0.2, 0) is 6.42 Å². The summed E-state index contributed by atoms with van der Waals surface area (Å²) < 4.78 is 16.5. The Kier molecular flexibility index (Phi) is 4.12. The quantitative estimate of drug-likeness (QED) is 0.671. The van der Waals surface area contributed by atoms with Gasteiger partial charge in [-0.3, -0.25) is 0 Å². The molecule has 0 radical (unpaired) electrons. The van der Waals surface area contributed by atoms with Gasteiger partial charge in [-0.15, -0.1) is 0 Å². The predicted octanol–water partition coefficient (Wildman–Crippen LogP) is 3.13. The Morgan fingerprint density at radius 3 is 2.42 bits per heavy atom. The van der Waals surface area contributed by atoms with E-state index in [1.165, 1.54) is 5.56 Å². The molecule has 3 aromatic rings. The highest BCUT2D eigenvalue weighted by molar-refractivity contribution is 5.86. The molecule has 1 unspecified atom stereocenters. The third-order valence-corrected chi connectivity index (χ3v) is 4.98. The number of aromatic nitrogens is 1. The number of aromatic hydroxyl groups is 1. The van der Waals surface area contributed by atoms with Gasteiger partial charge in [0.15, 0.2) is 11.5 Å². The molecule has 0 fully saturated rings. The van der Waals surface area contributed by atoms with Gasteiger partial charge in [-0.25, -0.2) is 0 Å². The van der Waals surface area contributed by atoms with E-state index in [2.05, 4.69) is 10.3 Å². The molecule has 0 saturated heterocycles. The van der Waals surface area contributed by atoms with Gasteiger partial charge in [-0.05, 0) is 36.2 Å². The lowest BCUT2D eigenvalue weighted by molar-refractivity contribution is 0.345. The molecular weight excluding hydrogens is 332 g/mol. The van der Waals surface area contributed by atoms with Crippen molar-refractivity contribution in [3.63, 3.8) is 0 Å². The number of hydrogen-bond acceptors (Lipinski definition) is 5. The van der Waals surface area contributed by atoms with Gasteiger partial charge in [0.1, 0.15) is 11.5 Å². The summed E-state index contributed by atoms with van der Waals surface area (Å²) in [5.74, 6) is 2.30. The third kappa shape index (κ3) is 2.54. The Labute approximate surface area is 151 Å². The molecule has 1 aromatic heterocycles. The number of H-pyrrole nitrogens is 1. The predicted molar refractivity (Wildman–Crippen MR) is 99.6 cm³/mol. The van der Waals surface area contributed by atoms with Crippen molar-refractivity contribution in [3.05, 3.63) is 47.2 Å². The number of hydrogen-bond donors (Lipinski definition) is 3. The van der Waals surface area contributed by atoms with Gasteiger partial charge < -0.3 is 29.6 Å². The minimum Gasteiger partial charge on any atom is -0.508 e. The topological polar surface area (TPSA) is 75.7 Å². The van der Waals surface area contributed by atoms with Crippen LogP contribution in [-0.4, -0.2) is 38.0 Å². The molecule has 0 bridgehead atoms. The molecule has 6 nitrogen and oxygen atoms in total. The number of fused-ring (bicyclic) bond motifs is 3. The minimum atomic E-state index is -0.0666. The summed E-state index contributed by atoms with van der Waals surface area (Å²) in [5.41, 5.74) is 4.29. The number of rotatable bonds is 4. The first-order valence-electron chi connectivity index (χ1n) is 8.53. The van der Waals surface area contributed by atoms with Gasteiger partial charge in [0, 0.05) is 34.8 Å². The lowest BCUT2D eigenvalue weighted by atomic mass is 9.93. The number of ether oxygens (including phenoxy) is 3. The van der Waals surface area contributed by atoms with Gasteiger partial charge in [0.25, 0.3) is 0 Å². The summed E-state index contributed by atoms with van der Waals surface area (Å²) in [6.07, 6.45) is 0.894. The van der Waals surface area contributed by atoms with Crippen molar-refractivity contribution in [2.24, 2.45) is 0 Å². The van der Waals surface area contributed by atoms with Crippen LogP contribution in [0.1, 0.15) is 22.9 Å². The second kappa shape index (κ2) is 6.46. The Morgan fingerprint density at radius 2 is 1.69 bits per heavy atom. The van der Waals surface area contributed by atoms with Crippen molar-refractivity contribution in [2.45, 2.75) is 12.5 Å². The highest BCUT2D eigenvalue weighted by Gasteiger charge is 2.28. The minimum absolute atomic E-state index is 0.0666. The maximum absolute atomic E-state index is 9.86. The van der Waals surface area contributed by atoms with Gasteiger partial charge in [-0.1, -0.05) is 0 Å². The first kappa shape index (κ1) is 16.6. The van der Waals surface area contributed by atoms with E-state index in [-0.39, 0.29) is 11.8 Å². The van der Waals surface area contributed by atoms with E-state index in [1.54, 1.807) is 27.4 Å². The number of phenolic OH excluding ortho intramolecular Hbond substituents is 1. The Bertz CT molecular complexity index is 964. The van der Waals surface area contributed by atoms with Gasteiger partial charge in [-0.2, -0.15) is 0 Å². The summed E-state index contributed by atoms with van der Waals surface area (Å²) >= 11 is 0. The number of aromatic amines is 1. The number of benzene rings is 2. The van der Waals surface area contributed by atoms with Crippen LogP contribution in [0.4, 0.5) is 0 Å². The summed E-state index contributed by atoms with van der Waals surface area (Å²) in [6.45, 7) is 0.831. The molecule has 0 spiro atoms. The van der Waals surface area contributed by atoms with E-state index in [0.29, 0.717) is 11.5 Å². The van der Waals surface area contributed by atoms with E-state index in [4.69, 9.17) is 14.2 Å². The molecule has 136 valence electrons. The molecule has 2 heterocycles. The zero-order chi connectivity index (χ0) is 18.3. The molecule has 4 rings (SSSR count). The van der Waals surface area contributed by atoms with Gasteiger partial charge in [0.2, 0.25) is 0 Å². The molecule has 3 N–H and O–H groups in total. The van der Waals surface area contributed by atoms with Gasteiger partial charge in [0.05, 0.1) is 27.4 Å². The second-order valence-electron chi connectivity index (χ2n) is 6.33. The highest BCUT2D eigenvalue weighted by atomic mass is 16.5. The molecule has 26 heavy (non-hydrogen) atoms. The molecule has 0 amide bonds. The SMILES string of the molecule is COc1cc(OC)c(C2NCCc3c2[nH]c2ccc(O)cc32)cc1OC. The van der Waals surface area contributed by atoms with Crippen LogP contribution in [0.5, 0.6) is 23.0 Å². The first-order chi connectivity index (χ1) is 12.7. The van der Waals surface area contributed by atoms with E-state index in [1.807, 2.05) is 24.3 Å². The maximum Gasteiger partial charge on any atom is 0.164 e. The fourth-order valence-electron chi connectivity index (χ4n) is 3.76. The number of nitrogens with one attached hydrogen (secondary N) is 2. The average molecular weight is 354 g/mol. The maximum atomic E-state index is 9.86. The monoisotopic (exact) mass is 354 g/mol. The lowest BCUT2D eigenvalue weighted by Crippen LogP contribution is -2.30. The van der Waals surface area contributed by atoms with Crippen LogP contribution < -0.4 is 19.5 Å². The van der Waals surface area contributed by atoms with E-state index >= 15 is 0 Å². The van der Waals surface area contributed by atoms with Crippen LogP contribution in [0.15, 0.2) is 30.3 Å². The zero-order valence-electron chi connectivity index (χ0n) is 15.1. The second-order valence-corrected chi connectivity index (χ2v) is 6.33. The Balaban J connectivity index is 1.89. The van der Waals surface area contributed by atoms with E-state index in [0.717, 1.165) is 40.9 Å². The third-order valence-electron chi connectivity index (χ3n) is 4.98. The van der Waals surface area contributed by atoms with Crippen LogP contribution >= 0.6 is 0 Å². The Hall–Kier alpha value is -2.86. The highest BCUT2D eigenvalue weighted by Crippen LogP contribution is 2.42. The van der Waals surface area contributed by atoms with Crippen molar-refractivity contribution in [1.29, 1.82) is 0 Å². The summed E-state index contributed by atoms with van der Waals surface area (Å²) in [5, 5.41) is 14.5. The summed E-state index contributed by atoms with van der Waals surface area (Å²) in [4.78, 5) is 3.51. The smallest absolute Gasteiger partial charge is 0.164 e. The Morgan fingerprint density at radius 1 is 0.962 bits per heavy atom. The molecular formula is C20H22N2O4. The number of methoxy groups -OCH3 is 3. The van der Waals surface area contributed by atoms with E-state index < -0.39 is 0 Å². The summed E-state index contributed by atoms with van der Waals surface area (Å²) in [7, 11) is 4.88. The number of phenols is 1. The average Bonchev–Trinajstić information content (AvgIpc) is 3.04. The van der Waals surface area contributed by atoms with Crippen molar-refractivity contribution in [3.8, 4) is 23.0 Å².